The van der Waals surface area contributed by atoms with Gasteiger partial charge in [-0.05, 0) is 18.6 Å². The molecule has 12 heteroatoms. The van der Waals surface area contributed by atoms with E-state index < -0.39 is 0 Å². The van der Waals surface area contributed by atoms with E-state index in [0.717, 1.165) is 5.82 Å². The summed E-state index contributed by atoms with van der Waals surface area (Å²) in [5, 5.41) is 15.4. The molecule has 2 aliphatic heterocycles. The zero-order valence-electron chi connectivity index (χ0n) is 17.8. The number of aryl methyl sites for hydroxylation is 2. The van der Waals surface area contributed by atoms with Gasteiger partial charge in [-0.3, -0.25) is 14.3 Å². The third kappa shape index (κ3) is 3.79. The Morgan fingerprint density at radius 2 is 1.91 bits per heavy atom. The first-order valence-electron chi connectivity index (χ1n) is 10.6. The molecule has 32 heavy (non-hydrogen) atoms. The molecular formula is C20H24N10O2. The van der Waals surface area contributed by atoms with Crippen molar-refractivity contribution in [2.24, 2.45) is 7.05 Å². The van der Waals surface area contributed by atoms with Crippen LogP contribution in [0.3, 0.4) is 0 Å². The van der Waals surface area contributed by atoms with E-state index in [1.165, 1.54) is 0 Å². The fourth-order valence-electron chi connectivity index (χ4n) is 4.22. The van der Waals surface area contributed by atoms with Crippen molar-refractivity contribution >= 4 is 17.8 Å². The zero-order valence-corrected chi connectivity index (χ0v) is 17.8. The molecule has 3 aromatic rings. The highest BCUT2D eigenvalue weighted by Crippen LogP contribution is 2.28. The van der Waals surface area contributed by atoms with E-state index in [1.54, 1.807) is 42.5 Å². The number of amides is 2. The molecule has 1 atom stereocenters. The highest BCUT2D eigenvalue weighted by Gasteiger charge is 2.36. The van der Waals surface area contributed by atoms with Gasteiger partial charge in [-0.25, -0.2) is 9.97 Å². The van der Waals surface area contributed by atoms with Gasteiger partial charge in [-0.2, -0.15) is 5.10 Å². The lowest BCUT2D eigenvalue weighted by atomic mass is 10.1. The quantitative estimate of drug-likeness (QED) is 0.571. The second-order valence-corrected chi connectivity index (χ2v) is 7.88. The Hall–Kier alpha value is -3.83. The molecule has 1 N–H and O–H groups in total. The largest absolute Gasteiger partial charge is 0.343 e. The third-order valence-electron chi connectivity index (χ3n) is 5.85. The number of anilines is 1. The smallest absolute Gasteiger partial charge is 0.272 e. The molecule has 0 aliphatic carbocycles. The van der Waals surface area contributed by atoms with Crippen LogP contribution in [-0.4, -0.2) is 77.4 Å². The number of fused-ring (bicyclic) bond motifs is 1. The molecule has 0 radical (unpaired) electrons. The maximum atomic E-state index is 13.3. The number of nitrogens with one attached hydrogen (secondary N) is 1. The van der Waals surface area contributed by atoms with Gasteiger partial charge in [0.25, 0.3) is 5.91 Å². The number of aromatic nitrogens is 7. The van der Waals surface area contributed by atoms with Crippen LogP contribution in [0.15, 0.2) is 30.7 Å². The maximum absolute atomic E-state index is 13.3. The van der Waals surface area contributed by atoms with Gasteiger partial charge in [0.05, 0.1) is 6.54 Å². The summed E-state index contributed by atoms with van der Waals surface area (Å²) in [6.45, 7) is 2.77. The van der Waals surface area contributed by atoms with Gasteiger partial charge >= 0.3 is 0 Å². The Morgan fingerprint density at radius 3 is 2.62 bits per heavy atom. The minimum atomic E-state index is -0.346. The van der Waals surface area contributed by atoms with Crippen LogP contribution in [-0.2, 0) is 24.8 Å². The van der Waals surface area contributed by atoms with Crippen LogP contribution in [0.1, 0.15) is 34.6 Å². The number of hydrogen-bond donors (Lipinski definition) is 1. The molecule has 2 aliphatic rings. The van der Waals surface area contributed by atoms with E-state index in [9.17, 15) is 9.59 Å². The molecule has 1 unspecified atom stereocenters. The van der Waals surface area contributed by atoms with Crippen molar-refractivity contribution in [3.63, 3.8) is 0 Å². The second-order valence-electron chi connectivity index (χ2n) is 7.88. The van der Waals surface area contributed by atoms with Gasteiger partial charge in [0, 0.05) is 58.2 Å². The van der Waals surface area contributed by atoms with Gasteiger partial charge in [0.2, 0.25) is 11.9 Å². The first kappa shape index (κ1) is 20.1. The van der Waals surface area contributed by atoms with Crippen molar-refractivity contribution in [3.8, 4) is 0 Å². The monoisotopic (exact) mass is 436 g/mol. The van der Waals surface area contributed by atoms with E-state index in [1.807, 2.05) is 9.47 Å². The number of carbonyl (C=O) groups is 2. The SMILES string of the molecule is Cn1ccc(C(=O)NCc2nnc3n2C(C(=O)N2CCN(c4ncccn4)CC2)CC3)n1. The highest BCUT2D eigenvalue weighted by molar-refractivity contribution is 5.92. The molecule has 5 rings (SSSR count). The Morgan fingerprint density at radius 1 is 1.12 bits per heavy atom. The molecule has 0 saturated carbocycles. The van der Waals surface area contributed by atoms with Crippen molar-refractivity contribution in [3.05, 3.63) is 48.1 Å². The molecule has 0 spiro atoms. The molecule has 1 fully saturated rings. The lowest BCUT2D eigenvalue weighted by Crippen LogP contribution is -2.51. The molecule has 0 aromatic carbocycles. The Kier molecular flexibility index (Phi) is 5.25. The number of piperazine rings is 1. The molecular weight excluding hydrogens is 412 g/mol. The fourth-order valence-corrected chi connectivity index (χ4v) is 4.22. The summed E-state index contributed by atoms with van der Waals surface area (Å²) in [4.78, 5) is 38.2. The van der Waals surface area contributed by atoms with Crippen LogP contribution in [0.5, 0.6) is 0 Å². The molecule has 1 saturated heterocycles. The van der Waals surface area contributed by atoms with Crippen LogP contribution >= 0.6 is 0 Å². The second kappa shape index (κ2) is 8.36. The Balaban J connectivity index is 1.23. The van der Waals surface area contributed by atoms with E-state index in [4.69, 9.17) is 0 Å². The number of carbonyl (C=O) groups excluding carboxylic acids is 2. The standard InChI is InChI=1S/C20H24N10O2/c1-27-8-5-14(26-27)18(31)23-13-17-25-24-16-4-3-15(30(16)17)19(32)28-9-11-29(12-10-28)20-21-6-2-7-22-20/h2,5-8,15H,3-4,9-13H2,1H3,(H,23,31). The molecule has 5 heterocycles. The summed E-state index contributed by atoms with van der Waals surface area (Å²) in [6, 6.07) is 3.09. The summed E-state index contributed by atoms with van der Waals surface area (Å²) in [7, 11) is 1.76. The van der Waals surface area contributed by atoms with Crippen LogP contribution < -0.4 is 10.2 Å². The van der Waals surface area contributed by atoms with Crippen molar-refractivity contribution in [2.75, 3.05) is 31.1 Å². The lowest BCUT2D eigenvalue weighted by molar-refractivity contribution is -0.135. The van der Waals surface area contributed by atoms with Crippen molar-refractivity contribution in [2.45, 2.75) is 25.4 Å². The molecule has 3 aromatic heterocycles. The Bertz CT molecular complexity index is 1120. The molecule has 166 valence electrons. The van der Waals surface area contributed by atoms with E-state index in [0.29, 0.717) is 56.5 Å². The van der Waals surface area contributed by atoms with Gasteiger partial charge < -0.3 is 19.7 Å². The topological polar surface area (TPSA) is 127 Å². The summed E-state index contributed by atoms with van der Waals surface area (Å²) < 4.78 is 3.45. The summed E-state index contributed by atoms with van der Waals surface area (Å²) in [6.07, 6.45) is 6.53. The number of rotatable bonds is 5. The van der Waals surface area contributed by atoms with E-state index >= 15 is 0 Å². The van der Waals surface area contributed by atoms with Crippen molar-refractivity contribution < 1.29 is 9.59 Å². The number of hydrogen-bond acceptors (Lipinski definition) is 8. The zero-order chi connectivity index (χ0) is 22.1. The minimum Gasteiger partial charge on any atom is -0.343 e. The average molecular weight is 436 g/mol. The summed E-state index contributed by atoms with van der Waals surface area (Å²) in [5.74, 6) is 1.82. The normalized spacial score (nSPS) is 18.0. The maximum Gasteiger partial charge on any atom is 0.272 e. The minimum absolute atomic E-state index is 0.0643. The molecule has 2 amide bonds. The van der Waals surface area contributed by atoms with Crippen molar-refractivity contribution in [1.29, 1.82) is 0 Å². The van der Waals surface area contributed by atoms with Gasteiger partial charge in [0.1, 0.15) is 17.6 Å². The predicted molar refractivity (Wildman–Crippen MR) is 113 cm³/mol. The van der Waals surface area contributed by atoms with Crippen LogP contribution in [0.4, 0.5) is 5.95 Å². The molecule has 0 bridgehead atoms. The van der Waals surface area contributed by atoms with Crippen molar-refractivity contribution in [1.82, 2.24) is 44.7 Å². The van der Waals surface area contributed by atoms with E-state index in [-0.39, 0.29) is 24.4 Å². The third-order valence-corrected chi connectivity index (χ3v) is 5.85. The lowest BCUT2D eigenvalue weighted by Gasteiger charge is -2.36. The first-order valence-corrected chi connectivity index (χ1v) is 10.6. The predicted octanol–water partition coefficient (Wildman–Crippen LogP) is -0.432. The van der Waals surface area contributed by atoms with E-state index in [2.05, 4.69) is 35.5 Å². The molecule has 12 nitrogen and oxygen atoms in total. The van der Waals surface area contributed by atoms with Crippen LogP contribution in [0, 0.1) is 0 Å². The van der Waals surface area contributed by atoms with Gasteiger partial charge in [-0.15, -0.1) is 10.2 Å². The van der Waals surface area contributed by atoms with Crippen LogP contribution in [0.25, 0.3) is 0 Å². The fraction of sp³-hybridized carbons (Fsp3) is 0.450. The Labute approximate surface area is 184 Å². The van der Waals surface area contributed by atoms with Gasteiger partial charge in [0.15, 0.2) is 5.82 Å². The van der Waals surface area contributed by atoms with Gasteiger partial charge in [-0.1, -0.05) is 0 Å². The first-order chi connectivity index (χ1) is 15.6. The number of nitrogens with zero attached hydrogens (tertiary/aromatic N) is 9. The van der Waals surface area contributed by atoms with Crippen LogP contribution in [0.2, 0.25) is 0 Å². The highest BCUT2D eigenvalue weighted by atomic mass is 16.2. The average Bonchev–Trinajstić information content (AvgIpc) is 3.55. The summed E-state index contributed by atoms with van der Waals surface area (Å²) in [5.41, 5.74) is 0.335. The summed E-state index contributed by atoms with van der Waals surface area (Å²) >= 11 is 0.